The molecule has 1 N–H and O–H groups in total. The molecule has 52 heavy (non-hydrogen) atoms. The molecule has 0 radical (unpaired) electrons. The quantitative estimate of drug-likeness (QED) is 0.252. The number of allylic oxidation sites excluding steroid dienone is 2. The van der Waals surface area contributed by atoms with Crippen LogP contribution in [0.1, 0.15) is 142 Å². The number of carbonyl (C=O) groups is 2. The summed E-state index contributed by atoms with van der Waals surface area (Å²) in [6.07, 6.45) is 22.7. The van der Waals surface area contributed by atoms with E-state index in [0.29, 0.717) is 35.4 Å². The van der Waals surface area contributed by atoms with E-state index >= 15 is 4.79 Å². The van der Waals surface area contributed by atoms with Gasteiger partial charge in [-0.15, -0.1) is 0 Å². The predicted octanol–water partition coefficient (Wildman–Crippen LogP) is 8.34. The Kier molecular flexibility index (Phi) is 11.0. The lowest BCUT2D eigenvalue weighted by Gasteiger charge is -2.46. The summed E-state index contributed by atoms with van der Waals surface area (Å²) in [5.74, 6) is 2.27. The molecule has 3 aliphatic heterocycles. The highest BCUT2D eigenvalue weighted by atomic mass is 28.3. The third kappa shape index (κ3) is 6.35. The molecule has 5 unspecified atom stereocenters. The van der Waals surface area contributed by atoms with Gasteiger partial charge < -0.3 is 29.1 Å². The van der Waals surface area contributed by atoms with E-state index in [1.165, 1.54) is 50.6 Å². The maximum absolute atomic E-state index is 15.5. The lowest BCUT2D eigenvalue weighted by molar-refractivity contribution is -0.157. The minimum absolute atomic E-state index is 0.0143. The van der Waals surface area contributed by atoms with E-state index in [1.54, 1.807) is 0 Å². The van der Waals surface area contributed by atoms with Crippen molar-refractivity contribution in [2.24, 2.45) is 23.7 Å². The Labute approximate surface area is 315 Å². The summed E-state index contributed by atoms with van der Waals surface area (Å²) in [6.45, 7) is 8.47. The lowest BCUT2D eigenvalue weighted by Crippen LogP contribution is -2.54. The highest BCUT2D eigenvalue weighted by Crippen LogP contribution is 2.63. The van der Waals surface area contributed by atoms with Gasteiger partial charge in [0.1, 0.15) is 11.9 Å². The van der Waals surface area contributed by atoms with Crippen LogP contribution in [0.4, 0.5) is 0 Å². The van der Waals surface area contributed by atoms with Crippen LogP contribution in [-0.2, 0) is 23.8 Å². The number of methoxy groups -OCH3 is 1. The number of aliphatic hydroxyl groups excluding tert-OH is 1. The van der Waals surface area contributed by atoms with Crippen LogP contribution in [0.25, 0.3) is 0 Å². The molecule has 6 fully saturated rings. The largest absolute Gasteiger partial charge is 0.492 e. The number of hydrogen-bond acceptors (Lipinski definition) is 6. The zero-order valence-electron chi connectivity index (χ0n) is 33.0. The average molecular weight is 739 g/mol. The summed E-state index contributed by atoms with van der Waals surface area (Å²) < 4.78 is 20.1. The van der Waals surface area contributed by atoms with Gasteiger partial charge in [-0.2, -0.15) is 0 Å². The van der Waals surface area contributed by atoms with Crippen LogP contribution >= 0.6 is 0 Å². The summed E-state index contributed by atoms with van der Waals surface area (Å²) in [5, 5.41) is 10.5. The molecule has 1 spiro atoms. The molecule has 8 rings (SSSR count). The molecule has 3 heterocycles. The van der Waals surface area contributed by atoms with Crippen LogP contribution in [0.15, 0.2) is 11.5 Å². The van der Waals surface area contributed by atoms with Crippen molar-refractivity contribution in [1.82, 2.24) is 9.80 Å². The van der Waals surface area contributed by atoms with E-state index < -0.39 is 13.7 Å². The van der Waals surface area contributed by atoms with Crippen LogP contribution in [0.3, 0.4) is 0 Å². The van der Waals surface area contributed by atoms with E-state index in [2.05, 4.69) is 29.8 Å². The number of amides is 2. The number of aliphatic hydroxyl groups is 1. The fraction of sp³-hybridized carbons (Fsp3) is 0.907. The molecular weight excluding hydrogens is 669 g/mol. The molecule has 5 aliphatic carbocycles. The fourth-order valence-electron chi connectivity index (χ4n) is 13.8. The summed E-state index contributed by atoms with van der Waals surface area (Å²) in [5.41, 5.74) is 1.24. The van der Waals surface area contributed by atoms with E-state index in [0.717, 1.165) is 95.8 Å². The van der Waals surface area contributed by atoms with E-state index in [9.17, 15) is 9.90 Å². The van der Waals surface area contributed by atoms with Crippen molar-refractivity contribution in [2.45, 2.75) is 202 Å². The van der Waals surface area contributed by atoms with Crippen molar-refractivity contribution in [2.75, 3.05) is 20.3 Å². The Hall–Kier alpha value is -1.42. The first-order valence-electron chi connectivity index (χ1n) is 22.0. The minimum atomic E-state index is -1.98. The molecule has 292 valence electrons. The van der Waals surface area contributed by atoms with Gasteiger partial charge in [-0.05, 0) is 113 Å². The molecular formula is C43H70N2O6Si. The highest BCUT2D eigenvalue weighted by Gasteiger charge is 2.71. The first-order chi connectivity index (χ1) is 25.2. The van der Waals surface area contributed by atoms with Gasteiger partial charge in [-0.1, -0.05) is 58.5 Å². The smallest absolute Gasteiger partial charge is 0.255 e. The molecule has 0 aromatic carbocycles. The standard InChI is InChI=1S/C43H70N2O6Si/c1-28-40(52(3,4)32-21-19-31(49-2)20-22-32)39(24-25-46)51-43(28)34-26-30(18-23-35(34)44(42(43)48)27-29-12-6-5-7-13-29)45-36-15-9-11-17-38(36)50-37-16-10-8-14-33(37)41(45)47/h28-35,37,39-40,46H,5-27H2,1-4H3/t28-,30?,31?,32?,33?,34?,35?,37?,39+,40-,43+/m0/s1. The molecule has 9 heteroatoms. The fourth-order valence-corrected chi connectivity index (χ4v) is 18.8. The number of rotatable bonds is 8. The zero-order valence-corrected chi connectivity index (χ0v) is 34.0. The van der Waals surface area contributed by atoms with Gasteiger partial charge in [0.2, 0.25) is 5.91 Å². The maximum Gasteiger partial charge on any atom is 0.255 e. The number of fused-ring (bicyclic) bond motifs is 3. The Balaban J connectivity index is 1.15. The Morgan fingerprint density at radius 1 is 0.885 bits per heavy atom. The van der Waals surface area contributed by atoms with Gasteiger partial charge >= 0.3 is 0 Å². The number of carbonyl (C=O) groups excluding carboxylic acids is 2. The molecule has 4 saturated carbocycles. The van der Waals surface area contributed by atoms with Crippen LogP contribution < -0.4 is 0 Å². The second-order valence-electron chi connectivity index (χ2n) is 19.2. The first-order valence-corrected chi connectivity index (χ1v) is 25.2. The first kappa shape index (κ1) is 37.5. The molecule has 8 nitrogen and oxygen atoms in total. The van der Waals surface area contributed by atoms with Crippen molar-refractivity contribution < 1.29 is 28.9 Å². The minimum Gasteiger partial charge on any atom is -0.492 e. The Bertz CT molecular complexity index is 1340. The zero-order chi connectivity index (χ0) is 36.2. The number of likely N-dealkylation sites (tertiary alicyclic amines) is 1. The lowest BCUT2D eigenvalue weighted by atomic mass is 9.69. The van der Waals surface area contributed by atoms with E-state index in [-0.39, 0.29) is 54.6 Å². The predicted molar refractivity (Wildman–Crippen MR) is 205 cm³/mol. The second-order valence-corrected chi connectivity index (χ2v) is 24.4. The summed E-state index contributed by atoms with van der Waals surface area (Å²) in [6, 6.07) is 0.227. The number of nitrogens with zero attached hydrogens (tertiary/aromatic N) is 2. The summed E-state index contributed by atoms with van der Waals surface area (Å²) in [4.78, 5) is 34.9. The van der Waals surface area contributed by atoms with Crippen LogP contribution in [0, 0.1) is 23.7 Å². The molecule has 0 aromatic rings. The summed E-state index contributed by atoms with van der Waals surface area (Å²) >= 11 is 0. The normalized spacial score (nSPS) is 41.9. The van der Waals surface area contributed by atoms with Gasteiger partial charge in [0, 0.05) is 44.7 Å². The third-order valence-corrected chi connectivity index (χ3v) is 21.7. The van der Waals surface area contributed by atoms with Gasteiger partial charge in [0.05, 0.1) is 31.9 Å². The maximum atomic E-state index is 15.5. The summed E-state index contributed by atoms with van der Waals surface area (Å²) in [7, 11) is -0.127. The molecule has 8 aliphatic rings. The van der Waals surface area contributed by atoms with Gasteiger partial charge in [0.15, 0.2) is 5.60 Å². The van der Waals surface area contributed by atoms with E-state index in [4.69, 9.17) is 14.2 Å². The monoisotopic (exact) mass is 739 g/mol. The van der Waals surface area contributed by atoms with Gasteiger partial charge in [-0.25, -0.2) is 0 Å². The average Bonchev–Trinajstić information content (AvgIpc) is 3.53. The molecule has 2 saturated heterocycles. The van der Waals surface area contributed by atoms with Crippen LogP contribution in [0.5, 0.6) is 0 Å². The van der Waals surface area contributed by atoms with Crippen molar-refractivity contribution in [3.8, 4) is 0 Å². The Morgan fingerprint density at radius 3 is 2.37 bits per heavy atom. The van der Waals surface area contributed by atoms with Crippen LogP contribution in [-0.4, -0.2) is 91.1 Å². The van der Waals surface area contributed by atoms with Gasteiger partial charge in [-0.3, -0.25) is 9.59 Å². The Morgan fingerprint density at radius 2 is 1.62 bits per heavy atom. The van der Waals surface area contributed by atoms with Crippen molar-refractivity contribution in [1.29, 1.82) is 0 Å². The molecule has 0 bridgehead atoms. The van der Waals surface area contributed by atoms with E-state index in [1.807, 2.05) is 7.11 Å². The SMILES string of the molecule is COC1CCC([Si](C)(C)[C@@H]2[C@@H](CCO)O[C@]3(C(=O)N(CC4CCCCC4)C4CCC(N5C(=O)C6CCCCC6OC6=C5CCCC6)CC43)[C@H]2C)CC1. The highest BCUT2D eigenvalue weighted by molar-refractivity contribution is 6.80. The molecule has 2 amide bonds. The second kappa shape index (κ2) is 15.3. The van der Waals surface area contributed by atoms with Crippen molar-refractivity contribution in [3.05, 3.63) is 11.5 Å². The van der Waals surface area contributed by atoms with Crippen molar-refractivity contribution in [3.63, 3.8) is 0 Å². The van der Waals surface area contributed by atoms with Crippen molar-refractivity contribution >= 4 is 19.9 Å². The topological polar surface area (TPSA) is 88.5 Å². The van der Waals surface area contributed by atoms with Gasteiger partial charge in [0.25, 0.3) is 5.91 Å². The molecule has 0 aromatic heterocycles. The third-order valence-electron chi connectivity index (χ3n) is 16.4. The number of ether oxygens (including phenoxy) is 3. The number of hydrogen-bond donors (Lipinski definition) is 1. The van der Waals surface area contributed by atoms with Crippen LogP contribution in [0.2, 0.25) is 24.2 Å². The molecule has 9 atom stereocenters.